The highest BCUT2D eigenvalue weighted by Crippen LogP contribution is 2.26. The number of thioether (sulfide) groups is 1. The quantitative estimate of drug-likeness (QED) is 0.781. The molecule has 1 saturated heterocycles. The lowest BCUT2D eigenvalue weighted by Gasteiger charge is -2.32. The van der Waals surface area contributed by atoms with E-state index in [-0.39, 0.29) is 12.2 Å². The molecule has 1 heterocycles. The van der Waals surface area contributed by atoms with Gasteiger partial charge in [-0.25, -0.2) is 0 Å². The van der Waals surface area contributed by atoms with Gasteiger partial charge in [0.15, 0.2) is 0 Å². The predicted molar refractivity (Wildman–Crippen MR) is 84.3 cm³/mol. The van der Waals surface area contributed by atoms with E-state index in [0.29, 0.717) is 23.8 Å². The SMILES string of the molecule is CCC(CSC)N1C(=O)C(C(C)C)NC1CC(C)C. The Morgan fingerprint density at radius 2 is 1.95 bits per heavy atom. The first kappa shape index (κ1) is 16.8. The summed E-state index contributed by atoms with van der Waals surface area (Å²) in [7, 11) is 0. The van der Waals surface area contributed by atoms with Crippen LogP contribution in [0.2, 0.25) is 0 Å². The van der Waals surface area contributed by atoms with Crippen LogP contribution in [-0.4, -0.2) is 41.1 Å². The monoisotopic (exact) mass is 286 g/mol. The summed E-state index contributed by atoms with van der Waals surface area (Å²) >= 11 is 1.83. The van der Waals surface area contributed by atoms with Crippen molar-refractivity contribution in [1.82, 2.24) is 10.2 Å². The molecule has 0 saturated carbocycles. The molecule has 3 atom stereocenters. The Kier molecular flexibility index (Phi) is 6.67. The molecule has 1 fully saturated rings. The van der Waals surface area contributed by atoms with E-state index in [4.69, 9.17) is 0 Å². The van der Waals surface area contributed by atoms with Crippen molar-refractivity contribution in [3.63, 3.8) is 0 Å². The van der Waals surface area contributed by atoms with Gasteiger partial charge in [-0.15, -0.1) is 0 Å². The fourth-order valence-corrected chi connectivity index (χ4v) is 3.58. The molecule has 1 aliphatic heterocycles. The Balaban J connectivity index is 2.89. The summed E-state index contributed by atoms with van der Waals surface area (Å²) in [5.74, 6) is 2.30. The zero-order valence-corrected chi connectivity index (χ0v) is 14.1. The van der Waals surface area contributed by atoms with E-state index >= 15 is 0 Å². The fraction of sp³-hybridized carbons (Fsp3) is 0.933. The Hall–Kier alpha value is -0.220. The van der Waals surface area contributed by atoms with Crippen LogP contribution in [0.25, 0.3) is 0 Å². The molecular formula is C15H30N2OS. The number of carbonyl (C=O) groups excluding carboxylic acids is 1. The van der Waals surface area contributed by atoms with Crippen molar-refractivity contribution >= 4 is 17.7 Å². The van der Waals surface area contributed by atoms with Crippen LogP contribution in [0.4, 0.5) is 0 Å². The van der Waals surface area contributed by atoms with Gasteiger partial charge in [0.05, 0.1) is 12.2 Å². The van der Waals surface area contributed by atoms with Gasteiger partial charge < -0.3 is 4.90 Å². The second-order valence-corrected chi connectivity index (χ2v) is 7.21. The summed E-state index contributed by atoms with van der Waals surface area (Å²) in [5, 5.41) is 3.56. The van der Waals surface area contributed by atoms with Crippen molar-refractivity contribution in [3.8, 4) is 0 Å². The first-order chi connectivity index (χ1) is 8.92. The summed E-state index contributed by atoms with van der Waals surface area (Å²) < 4.78 is 0. The van der Waals surface area contributed by atoms with E-state index in [2.05, 4.69) is 51.1 Å². The van der Waals surface area contributed by atoms with Crippen molar-refractivity contribution in [1.29, 1.82) is 0 Å². The third kappa shape index (κ3) is 4.12. The molecule has 3 nitrogen and oxygen atoms in total. The highest BCUT2D eigenvalue weighted by atomic mass is 32.2. The van der Waals surface area contributed by atoms with E-state index in [1.165, 1.54) is 0 Å². The standard InChI is InChI=1S/C15H30N2OS/c1-7-12(9-19-6)17-13(8-10(2)3)16-14(11(4)5)15(17)18/h10-14,16H,7-9H2,1-6H3. The Labute approximate surface area is 122 Å². The third-order valence-electron chi connectivity index (χ3n) is 3.81. The number of rotatable bonds is 7. The zero-order chi connectivity index (χ0) is 14.6. The lowest BCUT2D eigenvalue weighted by atomic mass is 10.0. The summed E-state index contributed by atoms with van der Waals surface area (Å²) in [5.41, 5.74) is 0. The molecule has 19 heavy (non-hydrogen) atoms. The maximum absolute atomic E-state index is 12.7. The molecule has 1 aliphatic rings. The van der Waals surface area contributed by atoms with E-state index in [1.54, 1.807) is 0 Å². The molecule has 1 rings (SSSR count). The number of hydrogen-bond donors (Lipinski definition) is 1. The topological polar surface area (TPSA) is 32.3 Å². The van der Waals surface area contributed by atoms with Gasteiger partial charge in [0.2, 0.25) is 5.91 Å². The Bertz CT molecular complexity index is 294. The minimum absolute atomic E-state index is 0.000318. The molecule has 0 bridgehead atoms. The lowest BCUT2D eigenvalue weighted by Crippen LogP contribution is -2.46. The summed E-state index contributed by atoms with van der Waals surface area (Å²) in [6, 6.07) is 0.363. The Morgan fingerprint density at radius 3 is 2.37 bits per heavy atom. The van der Waals surface area contributed by atoms with E-state index in [9.17, 15) is 4.79 Å². The molecule has 0 aromatic carbocycles. The van der Waals surface area contributed by atoms with Crippen LogP contribution in [0.1, 0.15) is 47.5 Å². The number of carbonyl (C=O) groups is 1. The van der Waals surface area contributed by atoms with E-state index in [1.807, 2.05) is 11.8 Å². The molecule has 0 spiro atoms. The van der Waals surface area contributed by atoms with Crippen LogP contribution in [-0.2, 0) is 4.79 Å². The minimum atomic E-state index is -0.000318. The van der Waals surface area contributed by atoms with Gasteiger partial charge in [0, 0.05) is 11.8 Å². The maximum atomic E-state index is 12.7. The number of hydrogen-bond acceptors (Lipinski definition) is 3. The molecule has 0 aromatic heterocycles. The molecule has 3 unspecified atom stereocenters. The van der Waals surface area contributed by atoms with Gasteiger partial charge in [-0.2, -0.15) is 11.8 Å². The lowest BCUT2D eigenvalue weighted by molar-refractivity contribution is -0.132. The van der Waals surface area contributed by atoms with E-state index < -0.39 is 0 Å². The van der Waals surface area contributed by atoms with Gasteiger partial charge in [-0.05, 0) is 30.9 Å². The van der Waals surface area contributed by atoms with Crippen molar-refractivity contribution < 1.29 is 4.79 Å². The van der Waals surface area contributed by atoms with Crippen LogP contribution < -0.4 is 5.32 Å². The minimum Gasteiger partial charge on any atom is -0.322 e. The smallest absolute Gasteiger partial charge is 0.241 e. The summed E-state index contributed by atoms with van der Waals surface area (Å²) in [6.07, 6.45) is 4.42. The molecule has 0 aliphatic carbocycles. The van der Waals surface area contributed by atoms with Crippen molar-refractivity contribution in [3.05, 3.63) is 0 Å². The number of amides is 1. The zero-order valence-electron chi connectivity index (χ0n) is 13.3. The molecule has 0 aromatic rings. The second kappa shape index (κ2) is 7.53. The second-order valence-electron chi connectivity index (χ2n) is 6.30. The largest absolute Gasteiger partial charge is 0.322 e. The molecule has 1 amide bonds. The van der Waals surface area contributed by atoms with Crippen molar-refractivity contribution in [2.45, 2.75) is 65.7 Å². The number of nitrogens with one attached hydrogen (secondary N) is 1. The first-order valence-electron chi connectivity index (χ1n) is 7.49. The molecule has 1 N–H and O–H groups in total. The van der Waals surface area contributed by atoms with Crippen LogP contribution >= 0.6 is 11.8 Å². The van der Waals surface area contributed by atoms with Gasteiger partial charge in [0.25, 0.3) is 0 Å². The van der Waals surface area contributed by atoms with Crippen LogP contribution in [0.3, 0.4) is 0 Å². The maximum Gasteiger partial charge on any atom is 0.241 e. The average molecular weight is 286 g/mol. The summed E-state index contributed by atoms with van der Waals surface area (Å²) in [6.45, 7) is 10.9. The van der Waals surface area contributed by atoms with Crippen molar-refractivity contribution in [2.75, 3.05) is 12.0 Å². The first-order valence-corrected chi connectivity index (χ1v) is 8.88. The summed E-state index contributed by atoms with van der Waals surface area (Å²) in [4.78, 5) is 14.8. The van der Waals surface area contributed by atoms with Crippen LogP contribution in [0, 0.1) is 11.8 Å². The van der Waals surface area contributed by atoms with Crippen LogP contribution in [0.5, 0.6) is 0 Å². The van der Waals surface area contributed by atoms with E-state index in [0.717, 1.165) is 18.6 Å². The van der Waals surface area contributed by atoms with Crippen LogP contribution in [0.15, 0.2) is 0 Å². The molecule has 112 valence electrons. The Morgan fingerprint density at radius 1 is 1.32 bits per heavy atom. The molecule has 0 radical (unpaired) electrons. The van der Waals surface area contributed by atoms with Gasteiger partial charge in [-0.1, -0.05) is 34.6 Å². The van der Waals surface area contributed by atoms with Gasteiger partial charge in [0.1, 0.15) is 0 Å². The predicted octanol–water partition coefficient (Wildman–Crippen LogP) is 2.96. The average Bonchev–Trinajstić information content (AvgIpc) is 2.63. The highest BCUT2D eigenvalue weighted by Gasteiger charge is 2.42. The molecular weight excluding hydrogens is 256 g/mol. The van der Waals surface area contributed by atoms with Gasteiger partial charge in [-0.3, -0.25) is 10.1 Å². The molecule has 4 heteroatoms. The highest BCUT2D eigenvalue weighted by molar-refractivity contribution is 7.98. The fourth-order valence-electron chi connectivity index (χ4n) is 2.80. The van der Waals surface area contributed by atoms with Crippen molar-refractivity contribution in [2.24, 2.45) is 11.8 Å². The number of nitrogens with zero attached hydrogens (tertiary/aromatic N) is 1. The van der Waals surface area contributed by atoms with Gasteiger partial charge >= 0.3 is 0 Å². The normalized spacial score (nSPS) is 25.7. The third-order valence-corrected chi connectivity index (χ3v) is 4.53.